The molecule has 138 valence electrons. The number of benzene rings is 2. The number of hydrogen-bond donors (Lipinski definition) is 4. The lowest BCUT2D eigenvalue weighted by Crippen LogP contribution is -2.19. The largest absolute Gasteiger partial charge is 0.398 e. The van der Waals surface area contributed by atoms with Crippen LogP contribution in [0.2, 0.25) is 0 Å². The van der Waals surface area contributed by atoms with Gasteiger partial charge in [-0.25, -0.2) is 13.2 Å². The highest BCUT2D eigenvalue weighted by Gasteiger charge is 2.15. The second-order valence-electron chi connectivity index (χ2n) is 5.05. The molecular weight excluding hydrogens is 382 g/mol. The van der Waals surface area contributed by atoms with E-state index in [4.69, 9.17) is 10.3 Å². The summed E-state index contributed by atoms with van der Waals surface area (Å²) < 4.78 is 54.7. The molecule has 0 bridgehead atoms. The molecule has 0 heterocycles. The number of amides is 2. The van der Waals surface area contributed by atoms with Gasteiger partial charge in [0.1, 0.15) is 4.90 Å². The molecule has 2 aromatic carbocycles. The Bertz CT molecular complexity index is 1080. The lowest BCUT2D eigenvalue weighted by molar-refractivity contribution is 0.262. The summed E-state index contributed by atoms with van der Waals surface area (Å²) in [5, 5.41) is 5.64. The predicted molar refractivity (Wildman–Crippen MR) is 97.1 cm³/mol. The topological polar surface area (TPSA) is 156 Å². The molecule has 0 fully saturated rings. The Kier molecular flexibility index (Phi) is 5.35. The average molecular weight is 397 g/mol. The number of rotatable bonds is 5. The van der Waals surface area contributed by atoms with Gasteiger partial charge in [0.25, 0.3) is 10.1 Å². The number of sulfone groups is 1. The molecule has 2 aromatic rings. The summed E-state index contributed by atoms with van der Waals surface area (Å²) in [5.74, 6) is 0. The van der Waals surface area contributed by atoms with Crippen LogP contribution in [0.5, 0.6) is 0 Å². The van der Waals surface area contributed by atoms with E-state index in [1.807, 2.05) is 0 Å². The molecule has 0 saturated heterocycles. The molecule has 26 heavy (non-hydrogen) atoms. The first kappa shape index (κ1) is 19.4. The molecule has 11 heteroatoms. The second-order valence-corrected chi connectivity index (χ2v) is 8.33. The summed E-state index contributed by atoms with van der Waals surface area (Å²) in [5.41, 5.74) is 5.67. The van der Waals surface area contributed by atoms with E-state index in [9.17, 15) is 21.6 Å². The van der Waals surface area contributed by atoms with E-state index in [1.165, 1.54) is 30.3 Å². The zero-order valence-electron chi connectivity index (χ0n) is 13.2. The Morgan fingerprint density at radius 1 is 1.04 bits per heavy atom. The number of nitrogens with one attached hydrogen (secondary N) is 2. The molecule has 0 spiro atoms. The van der Waals surface area contributed by atoms with Crippen molar-refractivity contribution in [1.29, 1.82) is 0 Å². The molecule has 0 aliphatic rings. The monoisotopic (exact) mass is 397 g/mol. The first-order valence-electron chi connectivity index (χ1n) is 6.95. The molecule has 2 amide bonds. The third kappa shape index (κ3) is 4.59. The Hall–Kier alpha value is -2.89. The normalized spacial score (nSPS) is 11.6. The van der Waals surface area contributed by atoms with Crippen LogP contribution in [0.25, 0.3) is 0 Å². The molecule has 5 N–H and O–H groups in total. The summed E-state index contributed by atoms with van der Waals surface area (Å²) in [6.07, 6.45) is 0. The van der Waals surface area contributed by atoms with Crippen LogP contribution < -0.4 is 16.4 Å². The zero-order chi connectivity index (χ0) is 19.5. The second kappa shape index (κ2) is 7.15. The molecule has 0 atom stereocenters. The van der Waals surface area contributed by atoms with E-state index in [-0.39, 0.29) is 22.0 Å². The van der Waals surface area contributed by atoms with Gasteiger partial charge in [0.2, 0.25) is 0 Å². The van der Waals surface area contributed by atoms with Crippen molar-refractivity contribution in [2.24, 2.45) is 0 Å². The first-order chi connectivity index (χ1) is 12.0. The number of carbonyl (C=O) groups is 1. The van der Waals surface area contributed by atoms with E-state index >= 15 is 0 Å². The van der Waals surface area contributed by atoms with Crippen molar-refractivity contribution in [2.45, 2.75) is 9.79 Å². The lowest BCUT2D eigenvalue weighted by atomic mass is 10.3. The van der Waals surface area contributed by atoms with Crippen LogP contribution in [0.1, 0.15) is 0 Å². The molecule has 2 rings (SSSR count). The highest BCUT2D eigenvalue weighted by atomic mass is 32.2. The lowest BCUT2D eigenvalue weighted by Gasteiger charge is -2.10. The fourth-order valence-corrected chi connectivity index (χ4v) is 3.35. The van der Waals surface area contributed by atoms with E-state index in [1.54, 1.807) is 0 Å². The smallest absolute Gasteiger partial charge is 0.323 e. The average Bonchev–Trinajstić information content (AvgIpc) is 2.53. The van der Waals surface area contributed by atoms with Crippen LogP contribution in [0.4, 0.5) is 21.9 Å². The van der Waals surface area contributed by atoms with Crippen molar-refractivity contribution < 1.29 is 26.2 Å². The summed E-state index contributed by atoms with van der Waals surface area (Å²) in [6, 6.07) is 8.26. The van der Waals surface area contributed by atoms with Crippen LogP contribution in [0.3, 0.4) is 0 Å². The summed E-state index contributed by atoms with van der Waals surface area (Å²) >= 11 is 0. The highest BCUT2D eigenvalue weighted by Crippen LogP contribution is 2.23. The van der Waals surface area contributed by atoms with Crippen molar-refractivity contribution in [3.63, 3.8) is 0 Å². The zero-order valence-corrected chi connectivity index (χ0v) is 14.8. The number of anilines is 3. The number of hydrogen-bond acceptors (Lipinski definition) is 6. The Labute approximate surface area is 150 Å². The highest BCUT2D eigenvalue weighted by molar-refractivity contribution is 7.94. The van der Waals surface area contributed by atoms with Gasteiger partial charge in [-0.05, 0) is 36.4 Å². The van der Waals surface area contributed by atoms with Crippen molar-refractivity contribution in [1.82, 2.24) is 0 Å². The van der Waals surface area contributed by atoms with E-state index in [2.05, 4.69) is 17.2 Å². The number of carbonyl (C=O) groups excluding carboxylic acids is 1. The fourth-order valence-electron chi connectivity index (χ4n) is 2.00. The molecule has 0 saturated carbocycles. The van der Waals surface area contributed by atoms with Crippen molar-refractivity contribution in [2.75, 3.05) is 16.4 Å². The summed E-state index contributed by atoms with van der Waals surface area (Å²) in [7, 11) is -8.11. The van der Waals surface area contributed by atoms with Gasteiger partial charge in [-0.15, -0.1) is 0 Å². The third-order valence-corrected chi connectivity index (χ3v) is 5.46. The first-order valence-corrected chi connectivity index (χ1v) is 9.94. The van der Waals surface area contributed by atoms with E-state index in [0.29, 0.717) is 0 Å². The van der Waals surface area contributed by atoms with Crippen molar-refractivity contribution in [3.05, 3.63) is 54.5 Å². The van der Waals surface area contributed by atoms with Gasteiger partial charge >= 0.3 is 6.03 Å². The molecule has 0 radical (unpaired) electrons. The fraction of sp³-hybridized carbons (Fsp3) is 0. The maximum atomic E-state index is 12.0. The minimum Gasteiger partial charge on any atom is -0.398 e. The van der Waals surface area contributed by atoms with Gasteiger partial charge in [0.05, 0.1) is 10.6 Å². The minimum atomic E-state index is -4.47. The third-order valence-electron chi connectivity index (χ3n) is 3.19. The molecule has 0 unspecified atom stereocenters. The van der Waals surface area contributed by atoms with Gasteiger partial charge in [-0.1, -0.05) is 12.6 Å². The molecule has 0 aromatic heterocycles. The Morgan fingerprint density at radius 3 is 2.19 bits per heavy atom. The van der Waals surface area contributed by atoms with Gasteiger partial charge in [0.15, 0.2) is 9.84 Å². The molecule has 0 aliphatic carbocycles. The van der Waals surface area contributed by atoms with Crippen LogP contribution in [0.15, 0.2) is 64.2 Å². The van der Waals surface area contributed by atoms with Gasteiger partial charge in [-0.3, -0.25) is 4.55 Å². The maximum absolute atomic E-state index is 12.0. The van der Waals surface area contributed by atoms with E-state index in [0.717, 1.165) is 17.5 Å². The van der Waals surface area contributed by atoms with Gasteiger partial charge in [0, 0.05) is 16.8 Å². The van der Waals surface area contributed by atoms with Crippen LogP contribution in [0, 0.1) is 0 Å². The van der Waals surface area contributed by atoms with Gasteiger partial charge in [-0.2, -0.15) is 8.42 Å². The number of nitrogens with two attached hydrogens (primary N) is 1. The Balaban J connectivity index is 2.16. The number of urea groups is 1. The molecular formula is C15H15N3O6S2. The predicted octanol–water partition coefficient (Wildman–Crippen LogP) is 2.08. The summed E-state index contributed by atoms with van der Waals surface area (Å²) in [4.78, 5) is 11.5. The van der Waals surface area contributed by atoms with Crippen LogP contribution in [-0.4, -0.2) is 27.4 Å². The van der Waals surface area contributed by atoms with Crippen molar-refractivity contribution in [3.8, 4) is 0 Å². The maximum Gasteiger partial charge on any atom is 0.323 e. The quantitative estimate of drug-likeness (QED) is 0.444. The van der Waals surface area contributed by atoms with Crippen LogP contribution >= 0.6 is 0 Å². The Morgan fingerprint density at radius 2 is 1.65 bits per heavy atom. The summed E-state index contributed by atoms with van der Waals surface area (Å²) in [6.45, 7) is 3.23. The molecule has 0 aliphatic heterocycles. The standard InChI is InChI=1S/C15H15N3O6S2/c1-2-25(20,21)12-5-3-4-10(8-12)17-15(19)18-11-6-7-14(13(16)9-11)26(22,23)24/h2-9H,1,16H2,(H2,17,18,19)(H,22,23,24). The SMILES string of the molecule is C=CS(=O)(=O)c1cccc(NC(=O)Nc2ccc(S(=O)(=O)O)c(N)c2)c1. The van der Waals surface area contributed by atoms with E-state index < -0.39 is 30.9 Å². The van der Waals surface area contributed by atoms with Gasteiger partial charge < -0.3 is 16.4 Å². The number of nitrogen functional groups attached to an aromatic ring is 1. The minimum absolute atomic E-state index is 0.0351. The van der Waals surface area contributed by atoms with Crippen LogP contribution in [-0.2, 0) is 20.0 Å². The van der Waals surface area contributed by atoms with Crippen molar-refractivity contribution >= 4 is 43.0 Å². The molecule has 9 nitrogen and oxygen atoms in total.